The number of phenolic OH excluding ortho intramolecular Hbond substituents is 1. The molecule has 16 heavy (non-hydrogen) atoms. The first-order valence-electron chi connectivity index (χ1n) is 4.42. The van der Waals surface area contributed by atoms with Crippen LogP contribution in [0.4, 0.5) is 0 Å². The van der Waals surface area contributed by atoms with Crippen LogP contribution in [-0.4, -0.2) is 26.4 Å². The number of phenols is 3. The van der Waals surface area contributed by atoms with Gasteiger partial charge in [-0.15, -0.1) is 0 Å². The van der Waals surface area contributed by atoms with E-state index in [-0.39, 0.29) is 11.1 Å². The molecule has 0 saturated heterocycles. The predicted octanol–water partition coefficient (Wildman–Crippen LogP) is 1.65. The fraction of sp³-hybridized carbons (Fsp3) is 0. The van der Waals surface area contributed by atoms with Gasteiger partial charge < -0.3 is 20.4 Å². The van der Waals surface area contributed by atoms with Crippen molar-refractivity contribution in [2.45, 2.75) is 0 Å². The Labute approximate surface area is 89.8 Å². The maximum absolute atomic E-state index is 10.8. The zero-order valence-corrected chi connectivity index (χ0v) is 8.01. The van der Waals surface area contributed by atoms with Crippen molar-refractivity contribution < 1.29 is 25.2 Å². The van der Waals surface area contributed by atoms with E-state index in [2.05, 4.69) is 0 Å². The molecule has 2 aromatic rings. The molecule has 2 aromatic carbocycles. The normalized spacial score (nSPS) is 10.5. The molecule has 0 radical (unpaired) electrons. The van der Waals surface area contributed by atoms with Crippen LogP contribution in [0.1, 0.15) is 10.4 Å². The van der Waals surface area contributed by atoms with Gasteiger partial charge in [-0.05, 0) is 17.5 Å². The minimum atomic E-state index is -1.46. The van der Waals surface area contributed by atoms with Gasteiger partial charge in [0.25, 0.3) is 0 Å². The van der Waals surface area contributed by atoms with E-state index in [1.54, 1.807) is 6.07 Å². The van der Waals surface area contributed by atoms with E-state index in [4.69, 9.17) is 5.11 Å². The molecule has 2 rings (SSSR count). The van der Waals surface area contributed by atoms with Crippen LogP contribution in [0, 0.1) is 0 Å². The third kappa shape index (κ3) is 1.30. The molecule has 5 heteroatoms. The fourth-order valence-corrected chi connectivity index (χ4v) is 1.61. The van der Waals surface area contributed by atoms with Crippen LogP contribution in [0.5, 0.6) is 17.2 Å². The summed E-state index contributed by atoms with van der Waals surface area (Å²) in [6.07, 6.45) is 0. The molecular formula is C11H8O5. The van der Waals surface area contributed by atoms with Gasteiger partial charge in [-0.25, -0.2) is 4.79 Å². The maximum Gasteiger partial charge on any atom is 0.343 e. The molecule has 0 spiro atoms. The van der Waals surface area contributed by atoms with E-state index in [1.165, 1.54) is 18.2 Å². The lowest BCUT2D eigenvalue weighted by Crippen LogP contribution is -1.98. The average molecular weight is 220 g/mol. The zero-order chi connectivity index (χ0) is 11.9. The standard InChI is InChI=1S/C11H8O5/c12-6-3-1-2-5-4-7(13)9(11(15)16)10(14)8(5)6/h1-4,12-14H,(H,15,16). The zero-order valence-electron chi connectivity index (χ0n) is 8.01. The molecule has 0 fully saturated rings. The monoisotopic (exact) mass is 220 g/mol. The summed E-state index contributed by atoms with van der Waals surface area (Å²) in [6.45, 7) is 0. The Balaban J connectivity index is 2.96. The maximum atomic E-state index is 10.8. The van der Waals surface area contributed by atoms with E-state index in [9.17, 15) is 20.1 Å². The van der Waals surface area contributed by atoms with Crippen molar-refractivity contribution in [2.24, 2.45) is 0 Å². The van der Waals surface area contributed by atoms with Gasteiger partial charge in [-0.3, -0.25) is 0 Å². The van der Waals surface area contributed by atoms with Crippen LogP contribution < -0.4 is 0 Å². The van der Waals surface area contributed by atoms with E-state index in [1.807, 2.05) is 0 Å². The van der Waals surface area contributed by atoms with Crippen molar-refractivity contribution in [3.05, 3.63) is 29.8 Å². The summed E-state index contributed by atoms with van der Waals surface area (Å²) >= 11 is 0. The highest BCUT2D eigenvalue weighted by Gasteiger charge is 2.20. The van der Waals surface area contributed by atoms with Gasteiger partial charge in [0.1, 0.15) is 22.8 Å². The van der Waals surface area contributed by atoms with Crippen LogP contribution in [0.2, 0.25) is 0 Å². The first-order valence-corrected chi connectivity index (χ1v) is 4.42. The topological polar surface area (TPSA) is 98.0 Å². The summed E-state index contributed by atoms with van der Waals surface area (Å²) in [5.74, 6) is -2.87. The highest BCUT2D eigenvalue weighted by molar-refractivity contribution is 6.05. The Morgan fingerprint density at radius 3 is 2.38 bits per heavy atom. The number of hydrogen-bond acceptors (Lipinski definition) is 4. The predicted molar refractivity (Wildman–Crippen MR) is 55.9 cm³/mol. The number of hydrogen-bond donors (Lipinski definition) is 4. The summed E-state index contributed by atoms with van der Waals surface area (Å²) in [5.41, 5.74) is -0.617. The number of benzene rings is 2. The number of aromatic carboxylic acids is 1. The van der Waals surface area contributed by atoms with Gasteiger partial charge in [0.15, 0.2) is 0 Å². The van der Waals surface area contributed by atoms with E-state index in [0.29, 0.717) is 5.39 Å². The Kier molecular flexibility index (Phi) is 2.09. The molecule has 4 N–H and O–H groups in total. The second-order valence-electron chi connectivity index (χ2n) is 3.30. The average Bonchev–Trinajstić information content (AvgIpc) is 2.15. The molecule has 0 saturated carbocycles. The molecule has 0 bridgehead atoms. The number of fused-ring (bicyclic) bond motifs is 1. The third-order valence-electron chi connectivity index (χ3n) is 2.31. The lowest BCUT2D eigenvalue weighted by molar-refractivity contribution is 0.0691. The van der Waals surface area contributed by atoms with Crippen molar-refractivity contribution in [3.63, 3.8) is 0 Å². The fourth-order valence-electron chi connectivity index (χ4n) is 1.61. The summed E-state index contributed by atoms with van der Waals surface area (Å²) < 4.78 is 0. The number of carboxylic acid groups (broad SMARTS) is 1. The molecule has 0 heterocycles. The Morgan fingerprint density at radius 1 is 1.06 bits per heavy atom. The van der Waals surface area contributed by atoms with Crippen molar-refractivity contribution >= 4 is 16.7 Å². The van der Waals surface area contributed by atoms with Crippen LogP contribution in [0.15, 0.2) is 24.3 Å². The first-order chi connectivity index (χ1) is 7.52. The molecule has 82 valence electrons. The molecule has 0 aliphatic heterocycles. The number of aromatic hydroxyl groups is 3. The third-order valence-corrected chi connectivity index (χ3v) is 2.31. The summed E-state index contributed by atoms with van der Waals surface area (Å²) in [6, 6.07) is 5.57. The van der Waals surface area contributed by atoms with Crippen LogP contribution in [0.3, 0.4) is 0 Å². The van der Waals surface area contributed by atoms with E-state index < -0.39 is 23.0 Å². The van der Waals surface area contributed by atoms with Gasteiger partial charge >= 0.3 is 5.97 Å². The van der Waals surface area contributed by atoms with Crippen molar-refractivity contribution in [2.75, 3.05) is 0 Å². The van der Waals surface area contributed by atoms with Crippen LogP contribution >= 0.6 is 0 Å². The molecule has 5 nitrogen and oxygen atoms in total. The van der Waals surface area contributed by atoms with Crippen molar-refractivity contribution in [1.82, 2.24) is 0 Å². The molecule has 0 atom stereocenters. The van der Waals surface area contributed by atoms with Crippen molar-refractivity contribution in [3.8, 4) is 17.2 Å². The Morgan fingerprint density at radius 2 is 1.75 bits per heavy atom. The van der Waals surface area contributed by atoms with Crippen LogP contribution in [-0.2, 0) is 0 Å². The highest BCUT2D eigenvalue weighted by Crippen LogP contribution is 2.39. The Bertz CT molecular complexity index is 588. The molecule has 0 unspecified atom stereocenters. The number of carboxylic acids is 1. The molecular weight excluding hydrogens is 212 g/mol. The first kappa shape index (κ1) is 10.1. The quantitative estimate of drug-likeness (QED) is 0.585. The molecule has 0 aliphatic carbocycles. The highest BCUT2D eigenvalue weighted by atomic mass is 16.4. The second-order valence-corrected chi connectivity index (χ2v) is 3.30. The largest absolute Gasteiger partial charge is 0.507 e. The minimum Gasteiger partial charge on any atom is -0.507 e. The van der Waals surface area contributed by atoms with Gasteiger partial charge in [0, 0.05) is 0 Å². The lowest BCUT2D eigenvalue weighted by Gasteiger charge is -2.08. The molecule has 0 amide bonds. The smallest absolute Gasteiger partial charge is 0.343 e. The summed E-state index contributed by atoms with van der Waals surface area (Å²) in [4.78, 5) is 10.8. The van der Waals surface area contributed by atoms with Gasteiger partial charge in [-0.1, -0.05) is 12.1 Å². The second kappa shape index (κ2) is 3.30. The number of carbonyl (C=O) groups is 1. The SMILES string of the molecule is O=C(O)c1c(O)cc2cccc(O)c2c1O. The van der Waals surface area contributed by atoms with Gasteiger partial charge in [-0.2, -0.15) is 0 Å². The van der Waals surface area contributed by atoms with Gasteiger partial charge in [0.05, 0.1) is 5.39 Å². The van der Waals surface area contributed by atoms with Crippen molar-refractivity contribution in [1.29, 1.82) is 0 Å². The summed E-state index contributed by atoms with van der Waals surface area (Å²) in [7, 11) is 0. The number of rotatable bonds is 1. The van der Waals surface area contributed by atoms with E-state index in [0.717, 1.165) is 0 Å². The minimum absolute atomic E-state index is 0.0118. The van der Waals surface area contributed by atoms with Crippen LogP contribution in [0.25, 0.3) is 10.8 Å². The van der Waals surface area contributed by atoms with E-state index >= 15 is 0 Å². The van der Waals surface area contributed by atoms with Gasteiger partial charge in [0.2, 0.25) is 0 Å². The lowest BCUT2D eigenvalue weighted by atomic mass is 10.0. The summed E-state index contributed by atoms with van der Waals surface area (Å²) in [5, 5.41) is 37.8. The molecule has 0 aromatic heterocycles. The molecule has 0 aliphatic rings. The Hall–Kier alpha value is -2.43.